The van der Waals surface area contributed by atoms with Crippen LogP contribution in [-0.4, -0.2) is 28.2 Å². The number of nitrogens with one attached hydrogen (secondary N) is 1. The average Bonchev–Trinajstić information content (AvgIpc) is 2.30. The molecular formula is C12H17BrN2O2S. The Morgan fingerprint density at radius 2 is 2.22 bits per heavy atom. The zero-order valence-electron chi connectivity index (χ0n) is 10.4. The zero-order valence-corrected chi connectivity index (χ0v) is 12.8. The fourth-order valence-corrected chi connectivity index (χ4v) is 2.34. The molecule has 0 saturated heterocycles. The number of halogens is 1. The van der Waals surface area contributed by atoms with Crippen LogP contribution in [0.15, 0.2) is 22.7 Å². The van der Waals surface area contributed by atoms with Crippen LogP contribution in [0, 0.1) is 0 Å². The third-order valence-electron chi connectivity index (χ3n) is 2.47. The largest absolute Gasteiger partial charge is 0.398 e. The molecule has 1 aromatic rings. The molecule has 4 nitrogen and oxygen atoms in total. The maximum atomic E-state index is 11.9. The molecule has 1 aromatic carbocycles. The summed E-state index contributed by atoms with van der Waals surface area (Å²) in [6.45, 7) is 1.90. The van der Waals surface area contributed by atoms with Crippen LogP contribution < -0.4 is 11.1 Å². The number of rotatable bonds is 5. The summed E-state index contributed by atoms with van der Waals surface area (Å²) < 4.78 is 11.7. The minimum atomic E-state index is -0.830. The highest BCUT2D eigenvalue weighted by molar-refractivity contribution is 9.10. The van der Waals surface area contributed by atoms with E-state index < -0.39 is 10.8 Å². The molecule has 2 atom stereocenters. The van der Waals surface area contributed by atoms with Crippen molar-refractivity contribution >= 4 is 38.3 Å². The summed E-state index contributed by atoms with van der Waals surface area (Å²) in [7, 11) is -0.830. The van der Waals surface area contributed by atoms with Crippen LogP contribution in [0.3, 0.4) is 0 Å². The number of carbonyl (C=O) groups excluding carboxylic acids is 1. The van der Waals surface area contributed by atoms with Crippen LogP contribution >= 0.6 is 15.9 Å². The monoisotopic (exact) mass is 332 g/mol. The second-order valence-corrected chi connectivity index (χ2v) is 6.59. The standard InChI is InChI=1S/C12H17BrN2O2S/c1-8(5-6-18(2)17)15-12(16)9-3-4-10(13)11(14)7-9/h3-4,7-8H,5-6,14H2,1-2H3,(H,15,16). The SMILES string of the molecule is CC(CCS(C)=O)NC(=O)c1ccc(Br)c(N)c1. The third kappa shape index (κ3) is 4.78. The van der Waals surface area contributed by atoms with Crippen molar-refractivity contribution in [3.63, 3.8) is 0 Å². The number of carbonyl (C=O) groups is 1. The van der Waals surface area contributed by atoms with Crippen molar-refractivity contribution in [2.45, 2.75) is 19.4 Å². The van der Waals surface area contributed by atoms with Gasteiger partial charge in [0, 0.05) is 44.6 Å². The molecule has 0 heterocycles. The van der Waals surface area contributed by atoms with Crippen LogP contribution in [0.4, 0.5) is 5.69 Å². The van der Waals surface area contributed by atoms with Crippen molar-refractivity contribution in [1.29, 1.82) is 0 Å². The van der Waals surface area contributed by atoms with Crippen molar-refractivity contribution in [2.24, 2.45) is 0 Å². The predicted molar refractivity (Wildman–Crippen MR) is 79.0 cm³/mol. The number of hydrogen-bond donors (Lipinski definition) is 2. The summed E-state index contributed by atoms with van der Waals surface area (Å²) in [6, 6.07) is 5.08. The van der Waals surface area contributed by atoms with Crippen molar-refractivity contribution < 1.29 is 9.00 Å². The number of nitrogens with two attached hydrogens (primary N) is 1. The lowest BCUT2D eigenvalue weighted by atomic mass is 10.1. The van der Waals surface area contributed by atoms with Crippen LogP contribution in [0.5, 0.6) is 0 Å². The van der Waals surface area contributed by atoms with Crippen LogP contribution in [-0.2, 0) is 10.8 Å². The minimum Gasteiger partial charge on any atom is -0.398 e. The fraction of sp³-hybridized carbons (Fsp3) is 0.417. The van der Waals surface area contributed by atoms with E-state index in [1.165, 1.54) is 0 Å². The first kappa shape index (κ1) is 15.2. The topological polar surface area (TPSA) is 72.2 Å². The molecule has 0 fully saturated rings. The number of nitrogen functional groups attached to an aromatic ring is 1. The van der Waals surface area contributed by atoms with Gasteiger partial charge in [0.2, 0.25) is 0 Å². The highest BCUT2D eigenvalue weighted by Crippen LogP contribution is 2.20. The van der Waals surface area contributed by atoms with Gasteiger partial charge in [-0.05, 0) is 47.5 Å². The Morgan fingerprint density at radius 1 is 1.56 bits per heavy atom. The molecule has 1 rings (SSSR count). The molecule has 1 amide bonds. The Hall–Kier alpha value is -0.880. The number of hydrogen-bond acceptors (Lipinski definition) is 3. The second kappa shape index (κ2) is 6.89. The summed E-state index contributed by atoms with van der Waals surface area (Å²) in [5, 5.41) is 2.85. The summed E-state index contributed by atoms with van der Waals surface area (Å²) in [5.74, 6) is 0.424. The summed E-state index contributed by atoms with van der Waals surface area (Å²) in [6.07, 6.45) is 2.35. The lowest BCUT2D eigenvalue weighted by molar-refractivity contribution is 0.0939. The number of benzene rings is 1. The highest BCUT2D eigenvalue weighted by Gasteiger charge is 2.11. The lowest BCUT2D eigenvalue weighted by Gasteiger charge is -2.13. The van der Waals surface area contributed by atoms with Gasteiger partial charge >= 0.3 is 0 Å². The van der Waals surface area contributed by atoms with Gasteiger partial charge in [0.05, 0.1) is 0 Å². The van der Waals surface area contributed by atoms with E-state index in [4.69, 9.17) is 5.73 Å². The maximum Gasteiger partial charge on any atom is 0.251 e. The van der Waals surface area contributed by atoms with E-state index in [0.717, 1.165) is 4.47 Å². The van der Waals surface area contributed by atoms with E-state index >= 15 is 0 Å². The lowest BCUT2D eigenvalue weighted by Crippen LogP contribution is -2.33. The summed E-state index contributed by atoms with van der Waals surface area (Å²) in [4.78, 5) is 11.9. The Labute approximate surface area is 118 Å². The zero-order chi connectivity index (χ0) is 13.7. The molecular weight excluding hydrogens is 316 g/mol. The molecule has 0 aromatic heterocycles. The molecule has 0 radical (unpaired) electrons. The molecule has 0 aliphatic heterocycles. The van der Waals surface area contributed by atoms with Crippen molar-refractivity contribution in [1.82, 2.24) is 5.32 Å². The van der Waals surface area contributed by atoms with Crippen molar-refractivity contribution in [3.05, 3.63) is 28.2 Å². The van der Waals surface area contributed by atoms with Crippen molar-refractivity contribution in [3.8, 4) is 0 Å². The quantitative estimate of drug-likeness (QED) is 0.809. The Balaban J connectivity index is 2.59. The van der Waals surface area contributed by atoms with E-state index in [1.807, 2.05) is 6.92 Å². The molecule has 0 spiro atoms. The normalized spacial score (nSPS) is 13.9. The number of anilines is 1. The molecule has 18 heavy (non-hydrogen) atoms. The van der Waals surface area contributed by atoms with Gasteiger partial charge in [-0.1, -0.05) is 0 Å². The van der Waals surface area contributed by atoms with Crippen LogP contribution in [0.2, 0.25) is 0 Å². The molecule has 2 unspecified atom stereocenters. The van der Waals surface area contributed by atoms with E-state index in [0.29, 0.717) is 23.4 Å². The van der Waals surface area contributed by atoms with E-state index in [-0.39, 0.29) is 11.9 Å². The minimum absolute atomic E-state index is 0.00808. The first-order valence-corrected chi connectivity index (χ1v) is 8.08. The Bertz CT molecular complexity index is 465. The first-order chi connectivity index (χ1) is 8.40. The summed E-state index contributed by atoms with van der Waals surface area (Å²) >= 11 is 3.28. The van der Waals surface area contributed by atoms with Gasteiger partial charge in [0.25, 0.3) is 5.91 Å². The van der Waals surface area contributed by atoms with E-state index in [1.54, 1.807) is 24.5 Å². The average molecular weight is 333 g/mol. The van der Waals surface area contributed by atoms with Gasteiger partial charge in [-0.15, -0.1) is 0 Å². The van der Waals surface area contributed by atoms with Crippen molar-refractivity contribution in [2.75, 3.05) is 17.7 Å². The maximum absolute atomic E-state index is 11.9. The van der Waals surface area contributed by atoms with Gasteiger partial charge < -0.3 is 11.1 Å². The Kier molecular flexibility index (Phi) is 5.81. The van der Waals surface area contributed by atoms with E-state index in [9.17, 15) is 9.00 Å². The molecule has 0 bridgehead atoms. The third-order valence-corrected chi connectivity index (χ3v) is 4.01. The molecule has 0 saturated carbocycles. The van der Waals surface area contributed by atoms with Gasteiger partial charge in [-0.3, -0.25) is 9.00 Å². The predicted octanol–water partition coefficient (Wildman–Crippen LogP) is 1.92. The second-order valence-electron chi connectivity index (χ2n) is 4.18. The van der Waals surface area contributed by atoms with Gasteiger partial charge in [-0.2, -0.15) is 0 Å². The molecule has 3 N–H and O–H groups in total. The van der Waals surface area contributed by atoms with Gasteiger partial charge in [0.15, 0.2) is 0 Å². The highest BCUT2D eigenvalue weighted by atomic mass is 79.9. The molecule has 100 valence electrons. The molecule has 0 aliphatic rings. The fourth-order valence-electron chi connectivity index (χ4n) is 1.41. The van der Waals surface area contributed by atoms with Crippen LogP contribution in [0.1, 0.15) is 23.7 Å². The smallest absolute Gasteiger partial charge is 0.251 e. The van der Waals surface area contributed by atoms with Gasteiger partial charge in [-0.25, -0.2) is 0 Å². The van der Waals surface area contributed by atoms with Crippen LogP contribution in [0.25, 0.3) is 0 Å². The molecule has 6 heteroatoms. The first-order valence-electron chi connectivity index (χ1n) is 5.56. The van der Waals surface area contributed by atoms with Gasteiger partial charge in [0.1, 0.15) is 0 Å². The number of amides is 1. The molecule has 0 aliphatic carbocycles. The summed E-state index contributed by atoms with van der Waals surface area (Å²) in [5.41, 5.74) is 6.78. The Morgan fingerprint density at radius 3 is 2.78 bits per heavy atom. The van der Waals surface area contributed by atoms with E-state index in [2.05, 4.69) is 21.2 Å².